The molecule has 0 spiro atoms. The number of carbonyl (C=O) groups is 1. The van der Waals surface area contributed by atoms with Gasteiger partial charge in [0.05, 0.1) is 12.2 Å². The van der Waals surface area contributed by atoms with Gasteiger partial charge in [0.2, 0.25) is 0 Å². The lowest BCUT2D eigenvalue weighted by atomic mass is 10.3. The number of nitrogens with zero attached hydrogens (tertiary/aromatic N) is 2. The topological polar surface area (TPSA) is 42.4 Å². The van der Waals surface area contributed by atoms with E-state index in [2.05, 4.69) is 4.98 Å². The summed E-state index contributed by atoms with van der Waals surface area (Å²) in [5.74, 6) is 0.548. The fourth-order valence-corrected chi connectivity index (χ4v) is 1.65. The van der Waals surface area contributed by atoms with Gasteiger partial charge in [-0.3, -0.25) is 4.98 Å². The van der Waals surface area contributed by atoms with Crippen LogP contribution in [0.15, 0.2) is 54.7 Å². The summed E-state index contributed by atoms with van der Waals surface area (Å²) in [7, 11) is 0. The predicted molar refractivity (Wildman–Crippen MR) is 72.8 cm³/mol. The van der Waals surface area contributed by atoms with Crippen molar-refractivity contribution >= 4 is 6.09 Å². The molecule has 0 N–H and O–H groups in total. The Kier molecular flexibility index (Phi) is 4.50. The molecule has 4 nitrogen and oxygen atoms in total. The molecule has 0 saturated heterocycles. The second kappa shape index (κ2) is 6.54. The summed E-state index contributed by atoms with van der Waals surface area (Å²) in [6, 6.07) is 14.7. The van der Waals surface area contributed by atoms with E-state index in [1.807, 2.05) is 43.3 Å². The van der Waals surface area contributed by atoms with Crippen molar-refractivity contribution in [3.05, 3.63) is 60.4 Å². The molecule has 0 saturated carbocycles. The lowest BCUT2D eigenvalue weighted by molar-refractivity contribution is 0.151. The number of pyridine rings is 1. The number of aromatic nitrogens is 1. The van der Waals surface area contributed by atoms with E-state index in [0.717, 1.165) is 5.69 Å². The quantitative estimate of drug-likeness (QED) is 0.844. The van der Waals surface area contributed by atoms with E-state index in [9.17, 15) is 4.79 Å². The van der Waals surface area contributed by atoms with Crippen LogP contribution < -0.4 is 4.74 Å². The molecule has 0 radical (unpaired) electrons. The number of hydrogen-bond acceptors (Lipinski definition) is 3. The Morgan fingerprint density at radius 3 is 2.53 bits per heavy atom. The highest BCUT2D eigenvalue weighted by molar-refractivity contribution is 5.70. The Bertz CT molecular complexity index is 514. The Hall–Kier alpha value is -2.36. The van der Waals surface area contributed by atoms with Crippen molar-refractivity contribution in [3.8, 4) is 5.75 Å². The van der Waals surface area contributed by atoms with Crippen molar-refractivity contribution in [2.24, 2.45) is 0 Å². The van der Waals surface area contributed by atoms with Crippen molar-refractivity contribution in [2.75, 3.05) is 6.54 Å². The van der Waals surface area contributed by atoms with Crippen LogP contribution in [-0.2, 0) is 6.54 Å². The zero-order valence-electron chi connectivity index (χ0n) is 10.8. The van der Waals surface area contributed by atoms with Crippen LogP contribution >= 0.6 is 0 Å². The molecule has 0 aliphatic rings. The van der Waals surface area contributed by atoms with E-state index in [1.54, 1.807) is 23.2 Å². The highest BCUT2D eigenvalue weighted by Gasteiger charge is 2.14. The fourth-order valence-electron chi connectivity index (χ4n) is 1.65. The lowest BCUT2D eigenvalue weighted by Crippen LogP contribution is -2.33. The SMILES string of the molecule is CCN(Cc1ccccn1)C(=O)Oc1ccccc1. The normalized spacial score (nSPS) is 9.95. The average molecular weight is 256 g/mol. The Morgan fingerprint density at radius 2 is 1.89 bits per heavy atom. The summed E-state index contributed by atoms with van der Waals surface area (Å²) in [5, 5.41) is 0. The second-order valence-corrected chi connectivity index (χ2v) is 4.02. The fraction of sp³-hybridized carbons (Fsp3) is 0.200. The molecule has 4 heteroatoms. The minimum atomic E-state index is -0.362. The molecule has 0 fully saturated rings. The Labute approximate surface area is 112 Å². The van der Waals surface area contributed by atoms with Crippen molar-refractivity contribution in [1.29, 1.82) is 0 Å². The third-order valence-electron chi connectivity index (χ3n) is 2.67. The van der Waals surface area contributed by atoms with E-state index < -0.39 is 0 Å². The third-order valence-corrected chi connectivity index (χ3v) is 2.67. The van der Waals surface area contributed by atoms with E-state index in [-0.39, 0.29) is 6.09 Å². The van der Waals surface area contributed by atoms with Crippen molar-refractivity contribution in [3.63, 3.8) is 0 Å². The van der Waals surface area contributed by atoms with Crippen molar-refractivity contribution in [2.45, 2.75) is 13.5 Å². The molecule has 0 aliphatic heterocycles. The van der Waals surface area contributed by atoms with Gasteiger partial charge < -0.3 is 9.64 Å². The molecule has 2 rings (SSSR count). The van der Waals surface area contributed by atoms with Crippen LogP contribution in [0, 0.1) is 0 Å². The maximum atomic E-state index is 12.0. The molecule has 0 bridgehead atoms. The van der Waals surface area contributed by atoms with Gasteiger partial charge in [-0.2, -0.15) is 0 Å². The summed E-state index contributed by atoms with van der Waals surface area (Å²) in [6.07, 6.45) is 1.35. The highest BCUT2D eigenvalue weighted by Crippen LogP contribution is 2.11. The van der Waals surface area contributed by atoms with Gasteiger partial charge in [0, 0.05) is 12.7 Å². The first kappa shape index (κ1) is 13.1. The van der Waals surface area contributed by atoms with Gasteiger partial charge in [-0.1, -0.05) is 24.3 Å². The van der Waals surface area contributed by atoms with Crippen molar-refractivity contribution in [1.82, 2.24) is 9.88 Å². The van der Waals surface area contributed by atoms with Gasteiger partial charge in [0.25, 0.3) is 0 Å². The minimum Gasteiger partial charge on any atom is -0.410 e. The summed E-state index contributed by atoms with van der Waals surface area (Å²) in [6.45, 7) is 2.93. The molecule has 0 atom stereocenters. The summed E-state index contributed by atoms with van der Waals surface area (Å²) >= 11 is 0. The number of hydrogen-bond donors (Lipinski definition) is 0. The standard InChI is InChI=1S/C15H16N2O2/c1-2-17(12-13-8-6-7-11-16-13)15(18)19-14-9-4-3-5-10-14/h3-11H,2,12H2,1H3. The molecule has 1 amide bonds. The molecular weight excluding hydrogens is 240 g/mol. The summed E-state index contributed by atoms with van der Waals surface area (Å²) < 4.78 is 5.30. The van der Waals surface area contributed by atoms with E-state index in [4.69, 9.17) is 4.74 Å². The van der Waals surface area contributed by atoms with Gasteiger partial charge in [-0.25, -0.2) is 4.79 Å². The highest BCUT2D eigenvalue weighted by atomic mass is 16.6. The molecule has 0 unspecified atom stereocenters. The Balaban J connectivity index is 2.00. The van der Waals surface area contributed by atoms with E-state index in [1.165, 1.54) is 0 Å². The van der Waals surface area contributed by atoms with Crippen molar-refractivity contribution < 1.29 is 9.53 Å². The first-order valence-corrected chi connectivity index (χ1v) is 6.21. The number of amides is 1. The van der Waals surface area contributed by atoms with Crippen LogP contribution in [-0.4, -0.2) is 22.5 Å². The monoisotopic (exact) mass is 256 g/mol. The number of para-hydroxylation sites is 1. The van der Waals surface area contributed by atoms with Crippen LogP contribution in [0.5, 0.6) is 5.75 Å². The van der Waals surface area contributed by atoms with Gasteiger partial charge in [0.15, 0.2) is 0 Å². The van der Waals surface area contributed by atoms with Gasteiger partial charge in [-0.05, 0) is 31.2 Å². The van der Waals surface area contributed by atoms with E-state index >= 15 is 0 Å². The smallest absolute Gasteiger partial charge is 0.410 e. The number of benzene rings is 1. The van der Waals surface area contributed by atoms with Crippen LogP contribution in [0.3, 0.4) is 0 Å². The zero-order valence-corrected chi connectivity index (χ0v) is 10.8. The molecular formula is C15H16N2O2. The number of rotatable bonds is 4. The average Bonchev–Trinajstić information content (AvgIpc) is 2.47. The van der Waals surface area contributed by atoms with Crippen LogP contribution in [0.2, 0.25) is 0 Å². The third kappa shape index (κ3) is 3.81. The molecule has 0 aliphatic carbocycles. The molecule has 98 valence electrons. The molecule has 2 aromatic rings. The first-order chi connectivity index (χ1) is 9.29. The number of ether oxygens (including phenoxy) is 1. The minimum absolute atomic E-state index is 0.362. The molecule has 1 aromatic heterocycles. The lowest BCUT2D eigenvalue weighted by Gasteiger charge is -2.19. The van der Waals surface area contributed by atoms with Crippen LogP contribution in [0.25, 0.3) is 0 Å². The van der Waals surface area contributed by atoms with Gasteiger partial charge in [-0.15, -0.1) is 0 Å². The zero-order chi connectivity index (χ0) is 13.5. The summed E-state index contributed by atoms with van der Waals surface area (Å²) in [5.41, 5.74) is 0.842. The van der Waals surface area contributed by atoms with Gasteiger partial charge in [0.1, 0.15) is 5.75 Å². The van der Waals surface area contributed by atoms with Crippen LogP contribution in [0.1, 0.15) is 12.6 Å². The predicted octanol–water partition coefficient (Wildman–Crippen LogP) is 3.10. The summed E-state index contributed by atoms with van der Waals surface area (Å²) in [4.78, 5) is 17.8. The molecule has 1 aromatic carbocycles. The molecule has 19 heavy (non-hydrogen) atoms. The molecule has 1 heterocycles. The Morgan fingerprint density at radius 1 is 1.16 bits per heavy atom. The largest absolute Gasteiger partial charge is 0.415 e. The van der Waals surface area contributed by atoms with Gasteiger partial charge >= 0.3 is 6.09 Å². The second-order valence-electron chi connectivity index (χ2n) is 4.02. The van der Waals surface area contributed by atoms with Crippen LogP contribution in [0.4, 0.5) is 4.79 Å². The van der Waals surface area contributed by atoms with E-state index in [0.29, 0.717) is 18.8 Å². The number of carbonyl (C=O) groups excluding carboxylic acids is 1. The maximum absolute atomic E-state index is 12.0. The maximum Gasteiger partial charge on any atom is 0.415 e. The first-order valence-electron chi connectivity index (χ1n) is 6.21.